The third kappa shape index (κ3) is 7.22. The van der Waals surface area contributed by atoms with Gasteiger partial charge in [0, 0.05) is 48.2 Å². The molecule has 0 saturated heterocycles. The summed E-state index contributed by atoms with van der Waals surface area (Å²) in [6.45, 7) is 6.03. The van der Waals surface area contributed by atoms with Crippen LogP contribution in [0.15, 0.2) is 36.4 Å². The molecule has 0 aliphatic rings. The molecule has 2 atom stereocenters. The van der Waals surface area contributed by atoms with Crippen LogP contribution in [0.4, 0.5) is 16.2 Å². The topological polar surface area (TPSA) is 174 Å². The van der Waals surface area contributed by atoms with E-state index in [-0.39, 0.29) is 46.8 Å². The molecule has 0 aromatic heterocycles. The van der Waals surface area contributed by atoms with Gasteiger partial charge in [-0.1, -0.05) is 13.8 Å². The van der Waals surface area contributed by atoms with E-state index in [4.69, 9.17) is 18.9 Å². The van der Waals surface area contributed by atoms with Crippen molar-refractivity contribution in [2.45, 2.75) is 52.7 Å². The second kappa shape index (κ2) is 12.2. The smallest absolute Gasteiger partial charge is 0.458 e. The Balaban J connectivity index is 2.36. The Hall–Kier alpha value is -4.55. The highest BCUT2D eigenvalue weighted by atomic mass is 16.7. The van der Waals surface area contributed by atoms with Crippen molar-refractivity contribution in [3.05, 3.63) is 67.8 Å². The van der Waals surface area contributed by atoms with Crippen LogP contribution in [-0.2, 0) is 19.1 Å². The molecule has 0 spiro atoms. The normalized spacial score (nSPS) is 12.1. The highest BCUT2D eigenvalue weighted by Gasteiger charge is 2.25. The predicted octanol–water partition coefficient (Wildman–Crippen LogP) is 5.11. The summed E-state index contributed by atoms with van der Waals surface area (Å²) in [5.74, 6) is -1.49. The Morgan fingerprint density at radius 3 is 1.42 bits per heavy atom. The lowest BCUT2D eigenvalue weighted by molar-refractivity contribution is -0.385. The molecule has 0 heterocycles. The standard InChI is InChI=1S/C23H24N2O11/c1-5-21(26)33-13(3)17-11-15(24(29)30)7-9-19(17)35-23(28)36-20-10-8-16(25(31)32)12-18(20)14(4)34-22(27)6-2/h7-14H,5-6H2,1-4H3. The number of benzene rings is 2. The van der Waals surface area contributed by atoms with Crippen LogP contribution < -0.4 is 9.47 Å². The maximum Gasteiger partial charge on any atom is 0.519 e. The molecular weight excluding hydrogens is 480 g/mol. The molecule has 0 aliphatic heterocycles. The molecule has 0 amide bonds. The van der Waals surface area contributed by atoms with Gasteiger partial charge in [-0.05, 0) is 26.0 Å². The van der Waals surface area contributed by atoms with E-state index in [1.54, 1.807) is 13.8 Å². The van der Waals surface area contributed by atoms with Crippen LogP contribution in [0.5, 0.6) is 11.5 Å². The predicted molar refractivity (Wildman–Crippen MR) is 122 cm³/mol. The van der Waals surface area contributed by atoms with E-state index in [1.807, 2.05) is 0 Å². The zero-order chi connectivity index (χ0) is 27.0. The lowest BCUT2D eigenvalue weighted by Crippen LogP contribution is -2.18. The Morgan fingerprint density at radius 2 is 1.11 bits per heavy atom. The van der Waals surface area contributed by atoms with Gasteiger partial charge in [0.15, 0.2) is 0 Å². The van der Waals surface area contributed by atoms with E-state index in [0.29, 0.717) is 0 Å². The minimum atomic E-state index is -1.29. The van der Waals surface area contributed by atoms with Gasteiger partial charge >= 0.3 is 18.1 Å². The zero-order valence-electron chi connectivity index (χ0n) is 19.9. The summed E-state index contributed by atoms with van der Waals surface area (Å²) in [6, 6.07) is 6.66. The van der Waals surface area contributed by atoms with Crippen molar-refractivity contribution in [1.82, 2.24) is 0 Å². The Morgan fingerprint density at radius 1 is 0.750 bits per heavy atom. The number of hydrogen-bond acceptors (Lipinski definition) is 11. The number of non-ortho nitro benzene ring substituents is 2. The van der Waals surface area contributed by atoms with Crippen molar-refractivity contribution in [2.24, 2.45) is 0 Å². The largest absolute Gasteiger partial charge is 0.519 e. The van der Waals surface area contributed by atoms with Gasteiger partial charge in [-0.3, -0.25) is 29.8 Å². The lowest BCUT2D eigenvalue weighted by atomic mass is 10.1. The van der Waals surface area contributed by atoms with Gasteiger partial charge in [-0.25, -0.2) is 4.79 Å². The van der Waals surface area contributed by atoms with Crippen LogP contribution >= 0.6 is 0 Å². The number of ether oxygens (including phenoxy) is 4. The first-order chi connectivity index (χ1) is 17.0. The van der Waals surface area contributed by atoms with Crippen LogP contribution in [0.25, 0.3) is 0 Å². The summed E-state index contributed by atoms with van der Waals surface area (Å²) in [4.78, 5) is 57.0. The molecule has 0 fully saturated rings. The van der Waals surface area contributed by atoms with E-state index < -0.39 is 40.1 Å². The van der Waals surface area contributed by atoms with Gasteiger partial charge < -0.3 is 18.9 Å². The Labute approximate surface area is 205 Å². The molecule has 13 nitrogen and oxygen atoms in total. The number of esters is 2. The summed E-state index contributed by atoms with van der Waals surface area (Å²) < 4.78 is 20.8. The van der Waals surface area contributed by atoms with Crippen LogP contribution in [0.1, 0.15) is 63.9 Å². The fraction of sp³-hybridized carbons (Fsp3) is 0.348. The van der Waals surface area contributed by atoms with Crippen molar-refractivity contribution in [2.75, 3.05) is 0 Å². The summed E-state index contributed by atoms with van der Waals surface area (Å²) in [7, 11) is 0. The molecule has 0 saturated carbocycles. The summed E-state index contributed by atoms with van der Waals surface area (Å²) in [5.41, 5.74) is -0.571. The van der Waals surface area contributed by atoms with E-state index in [2.05, 4.69) is 0 Å². The highest BCUT2D eigenvalue weighted by molar-refractivity contribution is 5.71. The third-order valence-electron chi connectivity index (χ3n) is 4.86. The van der Waals surface area contributed by atoms with Gasteiger partial charge in [0.1, 0.15) is 23.7 Å². The maximum atomic E-state index is 12.6. The third-order valence-corrected chi connectivity index (χ3v) is 4.86. The molecule has 36 heavy (non-hydrogen) atoms. The Kier molecular flexibility index (Phi) is 9.42. The molecule has 0 N–H and O–H groups in total. The lowest BCUT2D eigenvalue weighted by Gasteiger charge is -2.18. The summed E-state index contributed by atoms with van der Waals surface area (Å²) in [5, 5.41) is 22.4. The van der Waals surface area contributed by atoms with Crippen LogP contribution in [0.3, 0.4) is 0 Å². The van der Waals surface area contributed by atoms with E-state index in [0.717, 1.165) is 36.4 Å². The van der Waals surface area contributed by atoms with Gasteiger partial charge in [-0.2, -0.15) is 0 Å². The molecule has 2 aromatic carbocycles. The SMILES string of the molecule is CCC(=O)OC(C)c1cc([N+](=O)[O-])ccc1OC(=O)Oc1ccc([N+](=O)[O-])cc1C(C)OC(=O)CC. The number of nitro benzene ring substituents is 2. The first-order valence-corrected chi connectivity index (χ1v) is 10.8. The van der Waals surface area contributed by atoms with E-state index >= 15 is 0 Å². The van der Waals surface area contributed by atoms with Crippen molar-refractivity contribution in [3.63, 3.8) is 0 Å². The average Bonchev–Trinajstić information content (AvgIpc) is 2.83. The molecule has 2 rings (SSSR count). The quantitative estimate of drug-likeness (QED) is 0.182. The highest BCUT2D eigenvalue weighted by Crippen LogP contribution is 2.34. The van der Waals surface area contributed by atoms with Crippen molar-refractivity contribution < 1.29 is 43.2 Å². The van der Waals surface area contributed by atoms with Gasteiger partial charge in [-0.15, -0.1) is 0 Å². The number of carbonyl (C=O) groups excluding carboxylic acids is 3. The van der Waals surface area contributed by atoms with Crippen LogP contribution in [-0.4, -0.2) is 27.9 Å². The molecule has 0 bridgehead atoms. The van der Waals surface area contributed by atoms with E-state index in [9.17, 15) is 34.6 Å². The molecule has 2 aromatic rings. The second-order valence-electron chi connectivity index (χ2n) is 7.38. The van der Waals surface area contributed by atoms with Gasteiger partial charge in [0.25, 0.3) is 11.4 Å². The fourth-order valence-electron chi connectivity index (χ4n) is 3.01. The number of rotatable bonds is 10. The first-order valence-electron chi connectivity index (χ1n) is 10.8. The fourth-order valence-corrected chi connectivity index (χ4v) is 3.01. The number of carbonyl (C=O) groups is 3. The second-order valence-corrected chi connectivity index (χ2v) is 7.38. The van der Waals surface area contributed by atoms with Crippen molar-refractivity contribution in [3.8, 4) is 11.5 Å². The van der Waals surface area contributed by atoms with Crippen LogP contribution in [0, 0.1) is 20.2 Å². The minimum absolute atomic E-state index is 0.0390. The molecule has 0 radical (unpaired) electrons. The molecule has 13 heteroatoms. The monoisotopic (exact) mass is 504 g/mol. The minimum Gasteiger partial charge on any atom is -0.458 e. The van der Waals surface area contributed by atoms with Crippen molar-refractivity contribution >= 4 is 29.5 Å². The first kappa shape index (κ1) is 27.7. The number of hydrogen-bond donors (Lipinski definition) is 0. The summed E-state index contributed by atoms with van der Waals surface area (Å²) in [6.07, 6.45) is -3.17. The van der Waals surface area contributed by atoms with Gasteiger partial charge in [0.2, 0.25) is 0 Å². The maximum absolute atomic E-state index is 12.6. The molecule has 0 aliphatic carbocycles. The molecular formula is C23H24N2O11. The van der Waals surface area contributed by atoms with Gasteiger partial charge in [0.05, 0.1) is 9.85 Å². The van der Waals surface area contributed by atoms with Crippen LogP contribution in [0.2, 0.25) is 0 Å². The Bertz CT molecular complexity index is 1090. The zero-order valence-corrected chi connectivity index (χ0v) is 19.9. The number of nitro groups is 2. The molecule has 2 unspecified atom stereocenters. The average molecular weight is 504 g/mol. The van der Waals surface area contributed by atoms with Crippen molar-refractivity contribution in [1.29, 1.82) is 0 Å². The number of nitrogens with zero attached hydrogens (tertiary/aromatic N) is 2. The van der Waals surface area contributed by atoms with E-state index in [1.165, 1.54) is 13.8 Å². The summed E-state index contributed by atoms with van der Waals surface area (Å²) >= 11 is 0. The molecule has 192 valence electrons.